The van der Waals surface area contributed by atoms with E-state index >= 15 is 0 Å². The van der Waals surface area contributed by atoms with Crippen LogP contribution >= 0.6 is 22.6 Å². The molecular formula is C19H17FIN3O3. The van der Waals surface area contributed by atoms with Gasteiger partial charge in [-0.15, -0.1) is 0 Å². The maximum atomic E-state index is 13.2. The SMILES string of the molecule is CCC1(c2ccc(F)cc2)NC(=O)N(CC(=O)Nc2ccc(I)cc2)C1=O. The van der Waals surface area contributed by atoms with Crippen molar-refractivity contribution in [3.8, 4) is 0 Å². The quantitative estimate of drug-likeness (QED) is 0.509. The van der Waals surface area contributed by atoms with Gasteiger partial charge in [0.15, 0.2) is 0 Å². The van der Waals surface area contributed by atoms with Crippen LogP contribution < -0.4 is 10.6 Å². The second kappa shape index (κ2) is 7.63. The number of nitrogens with zero attached hydrogens (tertiary/aromatic N) is 1. The summed E-state index contributed by atoms with van der Waals surface area (Å²) in [5.41, 5.74) is -0.244. The summed E-state index contributed by atoms with van der Waals surface area (Å²) in [4.78, 5) is 38.5. The summed E-state index contributed by atoms with van der Waals surface area (Å²) in [5.74, 6) is -1.44. The third-order valence-electron chi connectivity index (χ3n) is 4.47. The Morgan fingerprint density at radius 3 is 2.37 bits per heavy atom. The van der Waals surface area contributed by atoms with Crippen LogP contribution in [0.2, 0.25) is 0 Å². The molecule has 1 saturated heterocycles. The van der Waals surface area contributed by atoms with Gasteiger partial charge in [-0.1, -0.05) is 19.1 Å². The summed E-state index contributed by atoms with van der Waals surface area (Å²) in [7, 11) is 0. The number of hydrogen-bond acceptors (Lipinski definition) is 3. The van der Waals surface area contributed by atoms with Crippen LogP contribution in [-0.2, 0) is 15.1 Å². The Morgan fingerprint density at radius 2 is 1.78 bits per heavy atom. The van der Waals surface area contributed by atoms with Gasteiger partial charge in [-0.3, -0.25) is 14.5 Å². The lowest BCUT2D eigenvalue weighted by Crippen LogP contribution is -2.44. The van der Waals surface area contributed by atoms with Gasteiger partial charge in [0.2, 0.25) is 5.91 Å². The van der Waals surface area contributed by atoms with Crippen molar-refractivity contribution in [3.05, 3.63) is 63.5 Å². The first kappa shape index (κ1) is 19.3. The summed E-state index contributed by atoms with van der Waals surface area (Å²) in [6.07, 6.45) is 0.276. The summed E-state index contributed by atoms with van der Waals surface area (Å²) in [6.45, 7) is 1.34. The van der Waals surface area contributed by atoms with Crippen LogP contribution in [-0.4, -0.2) is 29.3 Å². The zero-order chi connectivity index (χ0) is 19.6. The fraction of sp³-hybridized carbons (Fsp3) is 0.211. The molecule has 6 nitrogen and oxygen atoms in total. The largest absolute Gasteiger partial charge is 0.325 e. The van der Waals surface area contributed by atoms with Crippen molar-refractivity contribution in [3.63, 3.8) is 0 Å². The predicted octanol–water partition coefficient (Wildman–Crippen LogP) is 3.23. The van der Waals surface area contributed by atoms with Gasteiger partial charge in [-0.2, -0.15) is 0 Å². The number of benzene rings is 2. The molecule has 140 valence electrons. The molecule has 8 heteroatoms. The van der Waals surface area contributed by atoms with Crippen LogP contribution in [0.25, 0.3) is 0 Å². The van der Waals surface area contributed by atoms with Crippen LogP contribution in [0.4, 0.5) is 14.9 Å². The lowest BCUT2D eigenvalue weighted by atomic mass is 9.87. The molecule has 0 radical (unpaired) electrons. The fourth-order valence-electron chi connectivity index (χ4n) is 3.02. The minimum Gasteiger partial charge on any atom is -0.325 e. The number of nitrogens with one attached hydrogen (secondary N) is 2. The number of hydrogen-bond donors (Lipinski definition) is 2. The molecular weight excluding hydrogens is 464 g/mol. The van der Waals surface area contributed by atoms with E-state index in [9.17, 15) is 18.8 Å². The van der Waals surface area contributed by atoms with Gasteiger partial charge in [0.1, 0.15) is 17.9 Å². The van der Waals surface area contributed by atoms with Gasteiger partial charge in [-0.25, -0.2) is 9.18 Å². The van der Waals surface area contributed by atoms with Gasteiger partial charge >= 0.3 is 6.03 Å². The van der Waals surface area contributed by atoms with Crippen molar-refractivity contribution in [2.45, 2.75) is 18.9 Å². The predicted molar refractivity (Wildman–Crippen MR) is 106 cm³/mol. The monoisotopic (exact) mass is 481 g/mol. The molecule has 0 bridgehead atoms. The van der Waals surface area contributed by atoms with E-state index in [4.69, 9.17) is 0 Å². The molecule has 0 spiro atoms. The number of amides is 4. The normalized spacial score (nSPS) is 19.1. The van der Waals surface area contributed by atoms with Gasteiger partial charge < -0.3 is 10.6 Å². The summed E-state index contributed by atoms with van der Waals surface area (Å²) in [5, 5.41) is 5.33. The third kappa shape index (κ3) is 3.80. The van der Waals surface area contributed by atoms with Crippen molar-refractivity contribution >= 4 is 46.1 Å². The highest BCUT2D eigenvalue weighted by Gasteiger charge is 2.51. The Morgan fingerprint density at radius 1 is 1.15 bits per heavy atom. The topological polar surface area (TPSA) is 78.5 Å². The van der Waals surface area contributed by atoms with E-state index in [1.807, 2.05) is 12.1 Å². The number of urea groups is 1. The zero-order valence-corrected chi connectivity index (χ0v) is 16.6. The highest BCUT2D eigenvalue weighted by Crippen LogP contribution is 2.32. The minimum atomic E-state index is -1.30. The van der Waals surface area contributed by atoms with E-state index in [2.05, 4.69) is 33.2 Å². The molecule has 27 heavy (non-hydrogen) atoms. The van der Waals surface area contributed by atoms with Crippen LogP contribution in [0, 0.1) is 9.39 Å². The van der Waals surface area contributed by atoms with Crippen LogP contribution in [0.5, 0.6) is 0 Å². The molecule has 1 heterocycles. The van der Waals surface area contributed by atoms with Gasteiger partial charge in [0, 0.05) is 9.26 Å². The summed E-state index contributed by atoms with van der Waals surface area (Å²) >= 11 is 2.15. The van der Waals surface area contributed by atoms with E-state index in [0.29, 0.717) is 11.3 Å². The maximum absolute atomic E-state index is 13.2. The molecule has 0 saturated carbocycles. The number of imide groups is 1. The van der Waals surface area contributed by atoms with E-state index in [-0.39, 0.29) is 6.42 Å². The Hall–Kier alpha value is -2.49. The minimum absolute atomic E-state index is 0.276. The fourth-order valence-corrected chi connectivity index (χ4v) is 3.38. The molecule has 1 fully saturated rings. The smallest absolute Gasteiger partial charge is 0.325 e. The molecule has 2 N–H and O–H groups in total. The Labute approximate surface area is 169 Å². The van der Waals surface area contributed by atoms with E-state index in [1.54, 1.807) is 19.1 Å². The highest BCUT2D eigenvalue weighted by molar-refractivity contribution is 14.1. The maximum Gasteiger partial charge on any atom is 0.325 e. The standard InChI is InChI=1S/C19H17FIN3O3/c1-2-19(12-3-5-13(20)6-4-12)17(26)24(18(27)23-19)11-16(25)22-15-9-7-14(21)8-10-15/h3-10H,2,11H2,1H3,(H,22,25)(H,23,27). The lowest BCUT2D eigenvalue weighted by Gasteiger charge is -2.25. The average Bonchev–Trinajstić information content (AvgIpc) is 2.89. The number of halogens is 2. The Balaban J connectivity index is 1.77. The summed E-state index contributed by atoms with van der Waals surface area (Å²) < 4.78 is 14.2. The first-order valence-electron chi connectivity index (χ1n) is 8.31. The molecule has 4 amide bonds. The molecule has 0 aromatic heterocycles. The highest BCUT2D eigenvalue weighted by atomic mass is 127. The summed E-state index contributed by atoms with van der Waals surface area (Å²) in [6, 6.07) is 11.9. The first-order chi connectivity index (χ1) is 12.9. The van der Waals surface area contributed by atoms with Gasteiger partial charge in [-0.05, 0) is 71.0 Å². The molecule has 1 unspecified atom stereocenters. The van der Waals surface area contributed by atoms with Crippen LogP contribution in [0.3, 0.4) is 0 Å². The van der Waals surface area contributed by atoms with Gasteiger partial charge in [0.25, 0.3) is 5.91 Å². The number of carbonyl (C=O) groups excluding carboxylic acids is 3. The van der Waals surface area contributed by atoms with Crippen LogP contribution in [0.1, 0.15) is 18.9 Å². The van der Waals surface area contributed by atoms with Crippen molar-refractivity contribution in [2.75, 3.05) is 11.9 Å². The zero-order valence-electron chi connectivity index (χ0n) is 14.5. The van der Waals surface area contributed by atoms with E-state index in [0.717, 1.165) is 8.47 Å². The van der Waals surface area contributed by atoms with Crippen molar-refractivity contribution < 1.29 is 18.8 Å². The van der Waals surface area contributed by atoms with Crippen molar-refractivity contribution in [2.24, 2.45) is 0 Å². The molecule has 1 aliphatic rings. The molecule has 2 aromatic rings. The molecule has 2 aromatic carbocycles. The molecule has 1 aliphatic heterocycles. The number of carbonyl (C=O) groups is 3. The second-order valence-electron chi connectivity index (χ2n) is 6.14. The Bertz CT molecular complexity index is 886. The third-order valence-corrected chi connectivity index (χ3v) is 5.19. The van der Waals surface area contributed by atoms with Crippen molar-refractivity contribution in [1.29, 1.82) is 0 Å². The molecule has 1 atom stereocenters. The second-order valence-corrected chi connectivity index (χ2v) is 7.39. The first-order valence-corrected chi connectivity index (χ1v) is 9.39. The van der Waals surface area contributed by atoms with E-state index < -0.39 is 35.7 Å². The lowest BCUT2D eigenvalue weighted by molar-refractivity contribution is -0.134. The molecule has 0 aliphatic carbocycles. The van der Waals surface area contributed by atoms with E-state index in [1.165, 1.54) is 24.3 Å². The van der Waals surface area contributed by atoms with Crippen LogP contribution in [0.15, 0.2) is 48.5 Å². The average molecular weight is 481 g/mol. The number of rotatable bonds is 5. The van der Waals surface area contributed by atoms with Crippen molar-refractivity contribution in [1.82, 2.24) is 10.2 Å². The number of anilines is 1. The Kier molecular flexibility index (Phi) is 5.45. The van der Waals surface area contributed by atoms with Gasteiger partial charge in [0.05, 0.1) is 0 Å². The molecule has 3 rings (SSSR count).